The normalized spacial score (nSPS) is 13.5. The van der Waals surface area contributed by atoms with E-state index in [1.165, 1.54) is 11.1 Å². The van der Waals surface area contributed by atoms with E-state index >= 15 is 0 Å². The summed E-state index contributed by atoms with van der Waals surface area (Å²) < 4.78 is 1.83. The summed E-state index contributed by atoms with van der Waals surface area (Å²) in [5.41, 5.74) is 3.76. The molecule has 2 aromatic rings. The number of aromatic nitrogens is 4. The first-order valence-electron chi connectivity index (χ1n) is 4.72. The van der Waals surface area contributed by atoms with Gasteiger partial charge in [-0.2, -0.15) is 4.68 Å². The molecule has 2 heterocycles. The molecule has 0 unspecified atom stereocenters. The van der Waals surface area contributed by atoms with Gasteiger partial charge in [0.1, 0.15) is 0 Å². The molecule has 0 radical (unpaired) electrons. The van der Waals surface area contributed by atoms with Crippen LogP contribution < -0.4 is 0 Å². The number of hydrogen-bond donors (Lipinski definition) is 0. The van der Waals surface area contributed by atoms with Crippen LogP contribution in [0.25, 0.3) is 5.69 Å². The van der Waals surface area contributed by atoms with Gasteiger partial charge in [0.15, 0.2) is 5.82 Å². The van der Waals surface area contributed by atoms with Crippen LogP contribution in [0.4, 0.5) is 0 Å². The van der Waals surface area contributed by atoms with Gasteiger partial charge in [-0.1, -0.05) is 17.7 Å². The second kappa shape index (κ2) is 2.64. The Labute approximate surface area is 81.6 Å². The number of benzene rings is 1. The molecular weight excluding hydrogens is 176 g/mol. The highest BCUT2D eigenvalue weighted by molar-refractivity contribution is 5.45. The van der Waals surface area contributed by atoms with Gasteiger partial charge in [0.2, 0.25) is 0 Å². The minimum atomic E-state index is 0.934. The summed E-state index contributed by atoms with van der Waals surface area (Å²) in [5, 5.41) is 11.7. The van der Waals surface area contributed by atoms with Crippen molar-refractivity contribution in [3.8, 4) is 5.69 Å². The van der Waals surface area contributed by atoms with Gasteiger partial charge >= 0.3 is 0 Å². The molecule has 0 N–H and O–H groups in total. The van der Waals surface area contributed by atoms with E-state index in [-0.39, 0.29) is 0 Å². The maximum Gasteiger partial charge on any atom is 0.157 e. The Bertz CT molecular complexity index is 487. The molecule has 0 fully saturated rings. The number of tetrazole rings is 1. The van der Waals surface area contributed by atoms with Crippen molar-refractivity contribution < 1.29 is 0 Å². The number of aryl methyl sites for hydroxylation is 3. The maximum absolute atomic E-state index is 3.98. The van der Waals surface area contributed by atoms with E-state index in [0.29, 0.717) is 0 Å². The van der Waals surface area contributed by atoms with E-state index in [9.17, 15) is 0 Å². The van der Waals surface area contributed by atoms with Gasteiger partial charge in [-0.15, -0.1) is 5.10 Å². The Balaban J connectivity index is 2.26. The lowest BCUT2D eigenvalue weighted by molar-refractivity contribution is 0.710. The van der Waals surface area contributed by atoms with Gasteiger partial charge in [-0.25, -0.2) is 0 Å². The molecule has 4 nitrogen and oxygen atoms in total. The molecular formula is C10H10N4. The van der Waals surface area contributed by atoms with Crippen LogP contribution in [-0.4, -0.2) is 20.2 Å². The molecule has 4 heteroatoms. The van der Waals surface area contributed by atoms with Crippen molar-refractivity contribution in [2.75, 3.05) is 0 Å². The van der Waals surface area contributed by atoms with Gasteiger partial charge in [0.05, 0.1) is 5.69 Å². The third-order valence-electron chi connectivity index (χ3n) is 2.62. The summed E-state index contributed by atoms with van der Waals surface area (Å²) in [5.74, 6) is 0.960. The zero-order chi connectivity index (χ0) is 9.54. The first-order valence-corrected chi connectivity index (χ1v) is 4.72. The summed E-state index contributed by atoms with van der Waals surface area (Å²) in [7, 11) is 0. The van der Waals surface area contributed by atoms with Crippen molar-refractivity contribution in [2.24, 2.45) is 0 Å². The highest BCUT2D eigenvalue weighted by Crippen LogP contribution is 2.22. The van der Waals surface area contributed by atoms with Crippen LogP contribution in [-0.2, 0) is 12.8 Å². The molecule has 1 aliphatic rings. The second-order valence-corrected chi connectivity index (χ2v) is 3.64. The molecule has 1 aromatic carbocycles. The van der Waals surface area contributed by atoms with Crippen molar-refractivity contribution >= 4 is 0 Å². The fourth-order valence-electron chi connectivity index (χ4n) is 1.92. The third kappa shape index (κ3) is 0.968. The maximum atomic E-state index is 3.98. The van der Waals surface area contributed by atoms with E-state index in [4.69, 9.17) is 0 Å². The topological polar surface area (TPSA) is 43.6 Å². The quantitative estimate of drug-likeness (QED) is 0.618. The Morgan fingerprint density at radius 1 is 1.29 bits per heavy atom. The monoisotopic (exact) mass is 186 g/mol. The Morgan fingerprint density at radius 3 is 3.14 bits per heavy atom. The minimum absolute atomic E-state index is 0.934. The van der Waals surface area contributed by atoms with Gasteiger partial charge in [-0.05, 0) is 35.4 Å². The number of nitrogens with zero attached hydrogens (tertiary/aromatic N) is 4. The van der Waals surface area contributed by atoms with Gasteiger partial charge in [0, 0.05) is 6.42 Å². The van der Waals surface area contributed by atoms with Crippen molar-refractivity contribution in [1.82, 2.24) is 20.2 Å². The molecule has 3 rings (SSSR count). The van der Waals surface area contributed by atoms with Crippen LogP contribution in [0.2, 0.25) is 0 Å². The highest BCUT2D eigenvalue weighted by atomic mass is 15.5. The van der Waals surface area contributed by atoms with Gasteiger partial charge in [0.25, 0.3) is 0 Å². The molecule has 0 atom stereocenters. The van der Waals surface area contributed by atoms with Crippen LogP contribution >= 0.6 is 0 Å². The second-order valence-electron chi connectivity index (χ2n) is 3.64. The van der Waals surface area contributed by atoms with E-state index < -0.39 is 0 Å². The van der Waals surface area contributed by atoms with Gasteiger partial charge < -0.3 is 0 Å². The molecule has 0 spiro atoms. The molecule has 0 saturated heterocycles. The lowest BCUT2D eigenvalue weighted by Gasteiger charge is -2.15. The Hall–Kier alpha value is -1.71. The Morgan fingerprint density at radius 2 is 2.21 bits per heavy atom. The molecule has 70 valence electrons. The molecule has 0 bridgehead atoms. The van der Waals surface area contributed by atoms with Crippen LogP contribution in [0.15, 0.2) is 18.2 Å². The van der Waals surface area contributed by atoms with E-state index in [1.54, 1.807) is 0 Å². The number of fused-ring (bicyclic) bond motifs is 3. The summed E-state index contributed by atoms with van der Waals surface area (Å²) in [6.07, 6.45) is 1.97. The summed E-state index contributed by atoms with van der Waals surface area (Å²) in [6, 6.07) is 6.39. The fourth-order valence-corrected chi connectivity index (χ4v) is 1.92. The Kier molecular flexibility index (Phi) is 1.45. The predicted octanol–water partition coefficient (Wildman–Crippen LogP) is 1.07. The standard InChI is InChI=1S/C10H10N4/c1-7-2-4-9-8(6-7)3-5-10-11-12-13-14(9)10/h2,4,6H,3,5H2,1H3. The smallest absolute Gasteiger partial charge is 0.157 e. The molecule has 1 aliphatic heterocycles. The SMILES string of the molecule is Cc1ccc2c(c1)CCc1nnnn1-2. The minimum Gasteiger partial charge on any atom is -0.197 e. The van der Waals surface area contributed by atoms with Crippen LogP contribution in [0.3, 0.4) is 0 Å². The summed E-state index contributed by atoms with van der Waals surface area (Å²) >= 11 is 0. The van der Waals surface area contributed by atoms with E-state index in [1.807, 2.05) is 4.68 Å². The molecule has 0 amide bonds. The van der Waals surface area contributed by atoms with Crippen LogP contribution in [0.5, 0.6) is 0 Å². The van der Waals surface area contributed by atoms with Crippen molar-refractivity contribution in [3.05, 3.63) is 35.2 Å². The lowest BCUT2D eigenvalue weighted by atomic mass is 10.0. The predicted molar refractivity (Wildman–Crippen MR) is 51.3 cm³/mol. The molecule has 14 heavy (non-hydrogen) atoms. The molecule has 0 aliphatic carbocycles. The van der Waals surface area contributed by atoms with Gasteiger partial charge in [-0.3, -0.25) is 0 Å². The lowest BCUT2D eigenvalue weighted by Crippen LogP contribution is -2.13. The average molecular weight is 186 g/mol. The van der Waals surface area contributed by atoms with Crippen LogP contribution in [0.1, 0.15) is 17.0 Å². The average Bonchev–Trinajstić information content (AvgIpc) is 2.65. The van der Waals surface area contributed by atoms with Crippen molar-refractivity contribution in [3.63, 3.8) is 0 Å². The first-order chi connectivity index (χ1) is 6.84. The van der Waals surface area contributed by atoms with Crippen molar-refractivity contribution in [1.29, 1.82) is 0 Å². The fraction of sp³-hybridized carbons (Fsp3) is 0.300. The number of hydrogen-bond acceptors (Lipinski definition) is 3. The summed E-state index contributed by atoms with van der Waals surface area (Å²) in [4.78, 5) is 0. The summed E-state index contributed by atoms with van der Waals surface area (Å²) in [6.45, 7) is 2.11. The molecule has 0 saturated carbocycles. The first kappa shape index (κ1) is 7.67. The van der Waals surface area contributed by atoms with E-state index in [0.717, 1.165) is 24.4 Å². The third-order valence-corrected chi connectivity index (χ3v) is 2.62. The van der Waals surface area contributed by atoms with E-state index in [2.05, 4.69) is 40.6 Å². The zero-order valence-corrected chi connectivity index (χ0v) is 7.94. The largest absolute Gasteiger partial charge is 0.197 e. The number of rotatable bonds is 0. The highest BCUT2D eigenvalue weighted by Gasteiger charge is 2.17. The molecule has 1 aromatic heterocycles. The van der Waals surface area contributed by atoms with Crippen molar-refractivity contribution in [2.45, 2.75) is 19.8 Å². The zero-order valence-electron chi connectivity index (χ0n) is 7.94. The van der Waals surface area contributed by atoms with Crippen LogP contribution in [0, 0.1) is 6.92 Å².